The molecular formula is C17H23N3O4. The summed E-state index contributed by atoms with van der Waals surface area (Å²) >= 11 is 0. The van der Waals surface area contributed by atoms with E-state index in [0.29, 0.717) is 13.0 Å². The Morgan fingerprint density at radius 2 is 2.21 bits per heavy atom. The summed E-state index contributed by atoms with van der Waals surface area (Å²) in [5.41, 5.74) is 0.759. The first kappa shape index (κ1) is 17.9. The van der Waals surface area contributed by atoms with Crippen LogP contribution in [-0.2, 0) is 20.9 Å². The maximum absolute atomic E-state index is 12.4. The van der Waals surface area contributed by atoms with E-state index in [9.17, 15) is 19.5 Å². The van der Waals surface area contributed by atoms with Crippen molar-refractivity contribution in [3.05, 3.63) is 30.1 Å². The topological polar surface area (TPSA) is 99.6 Å². The lowest BCUT2D eigenvalue weighted by atomic mass is 9.98. The molecule has 0 radical (unpaired) electrons. The Balaban J connectivity index is 1.96. The third-order valence-corrected chi connectivity index (χ3v) is 4.44. The molecule has 0 saturated carbocycles. The molecule has 2 N–H and O–H groups in total. The SMILES string of the molecule is CCC(C)C(NC(=O)C1CC(=O)N(Cc2ccccn2)C1)C(=O)O. The van der Waals surface area contributed by atoms with Gasteiger partial charge in [-0.3, -0.25) is 14.6 Å². The second-order valence-electron chi connectivity index (χ2n) is 6.21. The van der Waals surface area contributed by atoms with Crippen LogP contribution in [0.1, 0.15) is 32.4 Å². The van der Waals surface area contributed by atoms with E-state index in [4.69, 9.17) is 0 Å². The highest BCUT2D eigenvalue weighted by atomic mass is 16.4. The first-order chi connectivity index (χ1) is 11.4. The highest BCUT2D eigenvalue weighted by Crippen LogP contribution is 2.20. The number of pyridine rings is 1. The molecule has 1 aliphatic heterocycles. The van der Waals surface area contributed by atoms with Crippen LogP contribution in [0, 0.1) is 11.8 Å². The molecule has 1 aliphatic rings. The van der Waals surface area contributed by atoms with Gasteiger partial charge in [0.05, 0.1) is 18.2 Å². The van der Waals surface area contributed by atoms with Crippen LogP contribution in [0.25, 0.3) is 0 Å². The fourth-order valence-corrected chi connectivity index (χ4v) is 2.74. The molecule has 7 nitrogen and oxygen atoms in total. The van der Waals surface area contributed by atoms with Gasteiger partial charge in [0, 0.05) is 19.2 Å². The van der Waals surface area contributed by atoms with Crippen LogP contribution in [0.15, 0.2) is 24.4 Å². The molecule has 130 valence electrons. The summed E-state index contributed by atoms with van der Waals surface area (Å²) in [5.74, 6) is -2.23. The zero-order valence-electron chi connectivity index (χ0n) is 13.9. The largest absolute Gasteiger partial charge is 0.480 e. The first-order valence-corrected chi connectivity index (χ1v) is 8.13. The van der Waals surface area contributed by atoms with Crippen LogP contribution < -0.4 is 5.32 Å². The summed E-state index contributed by atoms with van der Waals surface area (Å²) < 4.78 is 0. The Kier molecular flexibility index (Phi) is 5.89. The van der Waals surface area contributed by atoms with Crippen molar-refractivity contribution in [2.75, 3.05) is 6.54 Å². The van der Waals surface area contributed by atoms with Gasteiger partial charge in [-0.25, -0.2) is 4.79 Å². The van der Waals surface area contributed by atoms with Crippen molar-refractivity contribution in [2.45, 2.75) is 39.3 Å². The van der Waals surface area contributed by atoms with Gasteiger partial charge in [-0.05, 0) is 18.1 Å². The van der Waals surface area contributed by atoms with E-state index < -0.39 is 17.9 Å². The molecule has 2 amide bonds. The van der Waals surface area contributed by atoms with Crippen LogP contribution >= 0.6 is 0 Å². The van der Waals surface area contributed by atoms with Crippen LogP contribution in [-0.4, -0.2) is 45.4 Å². The van der Waals surface area contributed by atoms with Gasteiger partial charge in [-0.15, -0.1) is 0 Å². The lowest BCUT2D eigenvalue weighted by molar-refractivity contribution is -0.143. The van der Waals surface area contributed by atoms with Crippen molar-refractivity contribution in [1.82, 2.24) is 15.2 Å². The van der Waals surface area contributed by atoms with Crippen molar-refractivity contribution in [3.63, 3.8) is 0 Å². The molecule has 3 unspecified atom stereocenters. The lowest BCUT2D eigenvalue weighted by Gasteiger charge is -2.22. The van der Waals surface area contributed by atoms with Crippen molar-refractivity contribution in [2.24, 2.45) is 11.8 Å². The zero-order chi connectivity index (χ0) is 17.7. The third kappa shape index (κ3) is 4.31. The average molecular weight is 333 g/mol. The second kappa shape index (κ2) is 7.90. The Morgan fingerprint density at radius 3 is 2.79 bits per heavy atom. The molecule has 1 aromatic rings. The van der Waals surface area contributed by atoms with Gasteiger partial charge in [0.25, 0.3) is 0 Å². The van der Waals surface area contributed by atoms with Crippen LogP contribution in [0.4, 0.5) is 0 Å². The third-order valence-electron chi connectivity index (χ3n) is 4.44. The number of likely N-dealkylation sites (tertiary alicyclic amines) is 1. The van der Waals surface area contributed by atoms with E-state index in [1.807, 2.05) is 19.1 Å². The molecule has 7 heteroatoms. The summed E-state index contributed by atoms with van der Waals surface area (Å²) in [7, 11) is 0. The minimum Gasteiger partial charge on any atom is -0.480 e. The maximum Gasteiger partial charge on any atom is 0.326 e. The highest BCUT2D eigenvalue weighted by Gasteiger charge is 2.36. The molecule has 0 spiro atoms. The van der Waals surface area contributed by atoms with Gasteiger partial charge in [0.1, 0.15) is 6.04 Å². The molecule has 0 aromatic carbocycles. The predicted octanol–water partition coefficient (Wildman–Crippen LogP) is 1.05. The van der Waals surface area contributed by atoms with Crippen molar-refractivity contribution in [3.8, 4) is 0 Å². The minimum atomic E-state index is -1.05. The lowest BCUT2D eigenvalue weighted by Crippen LogP contribution is -2.47. The quantitative estimate of drug-likeness (QED) is 0.777. The predicted molar refractivity (Wildman–Crippen MR) is 86.8 cm³/mol. The van der Waals surface area contributed by atoms with Gasteiger partial charge >= 0.3 is 5.97 Å². The number of amides is 2. The van der Waals surface area contributed by atoms with Gasteiger partial charge in [-0.1, -0.05) is 26.3 Å². The van der Waals surface area contributed by atoms with Crippen LogP contribution in [0.3, 0.4) is 0 Å². The van der Waals surface area contributed by atoms with Gasteiger partial charge in [0.15, 0.2) is 0 Å². The van der Waals surface area contributed by atoms with E-state index in [0.717, 1.165) is 5.69 Å². The molecule has 1 saturated heterocycles. The summed E-state index contributed by atoms with van der Waals surface area (Å²) in [6.45, 7) is 4.30. The Bertz CT molecular complexity index is 605. The smallest absolute Gasteiger partial charge is 0.326 e. The molecule has 0 bridgehead atoms. The Labute approximate surface area is 141 Å². The highest BCUT2D eigenvalue weighted by molar-refractivity contribution is 5.91. The molecule has 2 heterocycles. The van der Waals surface area contributed by atoms with E-state index in [1.165, 1.54) is 0 Å². The number of hydrogen-bond donors (Lipinski definition) is 2. The number of carbonyl (C=O) groups is 3. The Hall–Kier alpha value is -2.44. The van der Waals surface area contributed by atoms with Crippen molar-refractivity contribution < 1.29 is 19.5 Å². The molecule has 2 rings (SSSR count). The summed E-state index contributed by atoms with van der Waals surface area (Å²) in [4.78, 5) is 41.5. The Morgan fingerprint density at radius 1 is 1.46 bits per heavy atom. The van der Waals surface area contributed by atoms with E-state index in [2.05, 4.69) is 10.3 Å². The second-order valence-corrected chi connectivity index (χ2v) is 6.21. The number of aliphatic carboxylic acids is 1. The van der Waals surface area contributed by atoms with Crippen molar-refractivity contribution >= 4 is 17.8 Å². The molecule has 24 heavy (non-hydrogen) atoms. The fraction of sp³-hybridized carbons (Fsp3) is 0.529. The zero-order valence-corrected chi connectivity index (χ0v) is 13.9. The minimum absolute atomic E-state index is 0.103. The van der Waals surface area contributed by atoms with Crippen LogP contribution in [0.2, 0.25) is 0 Å². The van der Waals surface area contributed by atoms with E-state index in [-0.39, 0.29) is 30.7 Å². The number of carboxylic acids is 1. The van der Waals surface area contributed by atoms with E-state index in [1.54, 1.807) is 24.1 Å². The summed E-state index contributed by atoms with van der Waals surface area (Å²) in [6.07, 6.45) is 2.40. The monoisotopic (exact) mass is 333 g/mol. The van der Waals surface area contributed by atoms with E-state index >= 15 is 0 Å². The first-order valence-electron chi connectivity index (χ1n) is 8.13. The van der Waals surface area contributed by atoms with Gasteiger partial charge in [-0.2, -0.15) is 0 Å². The van der Waals surface area contributed by atoms with Crippen LogP contribution in [0.5, 0.6) is 0 Å². The number of hydrogen-bond acceptors (Lipinski definition) is 4. The molecule has 0 aliphatic carbocycles. The summed E-state index contributed by atoms with van der Waals surface area (Å²) in [5, 5.41) is 11.8. The standard InChI is InChI=1S/C17H23N3O4/c1-3-11(2)15(17(23)24)19-16(22)12-8-14(21)20(9-12)10-13-6-4-5-7-18-13/h4-7,11-12,15H,3,8-10H2,1-2H3,(H,19,22)(H,23,24). The number of carboxylic acid groups (broad SMARTS) is 1. The number of nitrogens with zero attached hydrogens (tertiary/aromatic N) is 2. The van der Waals surface area contributed by atoms with Gasteiger partial charge < -0.3 is 15.3 Å². The number of carbonyl (C=O) groups excluding carboxylic acids is 2. The summed E-state index contributed by atoms with van der Waals surface area (Å²) in [6, 6.07) is 4.54. The number of nitrogens with one attached hydrogen (secondary N) is 1. The number of aromatic nitrogens is 1. The maximum atomic E-state index is 12.4. The number of rotatable bonds is 7. The molecule has 3 atom stereocenters. The molecule has 1 aromatic heterocycles. The molecule has 1 fully saturated rings. The normalized spacial score (nSPS) is 19.8. The van der Waals surface area contributed by atoms with Crippen molar-refractivity contribution in [1.29, 1.82) is 0 Å². The fourth-order valence-electron chi connectivity index (χ4n) is 2.74. The van der Waals surface area contributed by atoms with Gasteiger partial charge in [0.2, 0.25) is 11.8 Å². The average Bonchev–Trinajstić information content (AvgIpc) is 2.93. The molecular weight excluding hydrogens is 310 g/mol.